The van der Waals surface area contributed by atoms with E-state index in [9.17, 15) is 14.0 Å². The topological polar surface area (TPSA) is 52.0 Å². The molecule has 1 heterocycles. The molecular weight excluding hydrogens is 259 g/mol. The van der Waals surface area contributed by atoms with Gasteiger partial charge in [-0.2, -0.15) is 5.10 Å². The lowest BCUT2D eigenvalue weighted by molar-refractivity contribution is 0.107. The van der Waals surface area contributed by atoms with Crippen LogP contribution in [-0.4, -0.2) is 15.0 Å². The molecule has 0 bridgehead atoms. The van der Waals surface area contributed by atoms with Crippen molar-refractivity contribution in [1.82, 2.24) is 9.78 Å². The molecule has 2 rings (SSSR count). The van der Waals surface area contributed by atoms with Crippen molar-refractivity contribution in [1.29, 1.82) is 0 Å². The van der Waals surface area contributed by atoms with Gasteiger partial charge in [-0.3, -0.25) is 9.59 Å². The second-order valence-electron chi connectivity index (χ2n) is 3.66. The van der Waals surface area contributed by atoms with Crippen LogP contribution in [-0.2, 0) is 0 Å². The molecule has 0 saturated carbocycles. The molecule has 2 aromatic rings. The fourth-order valence-corrected chi connectivity index (χ4v) is 1.68. The molecular formula is C12H8ClFN2O2. The molecule has 0 radical (unpaired) electrons. The van der Waals surface area contributed by atoms with Gasteiger partial charge in [-0.1, -0.05) is 6.07 Å². The van der Waals surface area contributed by atoms with Crippen molar-refractivity contribution in [3.63, 3.8) is 0 Å². The zero-order valence-corrected chi connectivity index (χ0v) is 10.1. The number of aromatic nitrogens is 2. The molecule has 4 nitrogen and oxygen atoms in total. The van der Waals surface area contributed by atoms with Crippen molar-refractivity contribution >= 4 is 16.8 Å². The van der Waals surface area contributed by atoms with Gasteiger partial charge in [0.05, 0.1) is 5.69 Å². The lowest BCUT2D eigenvalue weighted by Crippen LogP contribution is -2.20. The third-order valence-electron chi connectivity index (χ3n) is 2.35. The Kier molecular flexibility index (Phi) is 3.25. The average molecular weight is 267 g/mol. The van der Waals surface area contributed by atoms with Crippen molar-refractivity contribution in [3.8, 4) is 5.69 Å². The molecule has 0 atom stereocenters. The summed E-state index contributed by atoms with van der Waals surface area (Å²) in [5.74, 6) is -0.439. The van der Waals surface area contributed by atoms with E-state index >= 15 is 0 Å². The number of carbonyl (C=O) groups is 1. The smallest absolute Gasteiger partial charge is 0.276 e. The lowest BCUT2D eigenvalue weighted by Gasteiger charge is -2.09. The average Bonchev–Trinajstić information content (AvgIpc) is 2.28. The zero-order chi connectivity index (χ0) is 13.3. The van der Waals surface area contributed by atoms with Crippen LogP contribution in [0.5, 0.6) is 0 Å². The van der Waals surface area contributed by atoms with E-state index in [1.807, 2.05) is 0 Å². The highest BCUT2D eigenvalue weighted by Gasteiger charge is 2.13. The Morgan fingerprint density at radius 3 is 2.72 bits per heavy atom. The Balaban J connectivity index is 2.68. The summed E-state index contributed by atoms with van der Waals surface area (Å²) >= 11 is 5.26. The fraction of sp³-hybridized carbons (Fsp3) is 0.0833. The van der Waals surface area contributed by atoms with E-state index in [1.54, 1.807) is 13.0 Å². The van der Waals surface area contributed by atoms with Gasteiger partial charge in [0, 0.05) is 11.8 Å². The van der Waals surface area contributed by atoms with Crippen molar-refractivity contribution < 1.29 is 9.18 Å². The largest absolute Gasteiger partial charge is 0.287 e. The number of rotatable bonds is 2. The predicted octanol–water partition coefficient (Wildman–Crippen LogP) is 2.06. The third kappa shape index (κ3) is 2.31. The highest BCUT2D eigenvalue weighted by atomic mass is 35.5. The highest BCUT2D eigenvalue weighted by molar-refractivity contribution is 6.67. The van der Waals surface area contributed by atoms with Gasteiger partial charge in [0.25, 0.3) is 5.24 Å². The van der Waals surface area contributed by atoms with Gasteiger partial charge in [0.15, 0.2) is 5.69 Å². The standard InChI is InChI=1S/C12H8ClFN2O2/c1-7-5-10(17)11(12(13)18)15-16(7)9-4-2-3-8(14)6-9/h2-6H,1H3. The van der Waals surface area contributed by atoms with Crippen molar-refractivity contribution in [3.05, 3.63) is 57.8 Å². The van der Waals surface area contributed by atoms with Crippen LogP contribution in [0.15, 0.2) is 35.1 Å². The summed E-state index contributed by atoms with van der Waals surface area (Å²) in [6.45, 7) is 1.63. The Labute approximate surface area is 107 Å². The summed E-state index contributed by atoms with van der Waals surface area (Å²) in [7, 11) is 0. The fourth-order valence-electron chi connectivity index (χ4n) is 1.55. The molecule has 0 spiro atoms. The van der Waals surface area contributed by atoms with Gasteiger partial charge in [-0.15, -0.1) is 0 Å². The number of hydrogen-bond donors (Lipinski definition) is 0. The summed E-state index contributed by atoms with van der Waals surface area (Å²) < 4.78 is 14.4. The zero-order valence-electron chi connectivity index (χ0n) is 9.35. The third-order valence-corrected chi connectivity index (χ3v) is 2.53. The number of nitrogens with zero attached hydrogens (tertiary/aromatic N) is 2. The maximum absolute atomic E-state index is 13.1. The van der Waals surface area contributed by atoms with Crippen LogP contribution in [0.1, 0.15) is 16.2 Å². The Morgan fingerprint density at radius 1 is 1.39 bits per heavy atom. The van der Waals surface area contributed by atoms with Crippen molar-refractivity contribution in [2.24, 2.45) is 0 Å². The van der Waals surface area contributed by atoms with Gasteiger partial charge in [0.1, 0.15) is 5.82 Å². The Hall–Kier alpha value is -2.01. The van der Waals surface area contributed by atoms with Crippen LogP contribution >= 0.6 is 11.6 Å². The van der Waals surface area contributed by atoms with E-state index in [0.29, 0.717) is 11.4 Å². The first kappa shape index (κ1) is 12.4. The molecule has 18 heavy (non-hydrogen) atoms. The van der Waals surface area contributed by atoms with E-state index in [-0.39, 0.29) is 5.69 Å². The van der Waals surface area contributed by atoms with Crippen LogP contribution < -0.4 is 5.43 Å². The first-order valence-electron chi connectivity index (χ1n) is 5.06. The second kappa shape index (κ2) is 4.70. The number of hydrogen-bond acceptors (Lipinski definition) is 3. The van der Waals surface area contributed by atoms with Crippen LogP contribution in [0, 0.1) is 12.7 Å². The van der Waals surface area contributed by atoms with Crippen molar-refractivity contribution in [2.75, 3.05) is 0 Å². The minimum absolute atomic E-state index is 0.383. The Morgan fingerprint density at radius 2 is 2.11 bits per heavy atom. The molecule has 0 aliphatic heterocycles. The van der Waals surface area contributed by atoms with E-state index in [0.717, 1.165) is 0 Å². The molecule has 6 heteroatoms. The molecule has 1 aromatic carbocycles. The number of aryl methyl sites for hydroxylation is 1. The number of carbonyl (C=O) groups excluding carboxylic acids is 1. The molecule has 0 fully saturated rings. The molecule has 0 unspecified atom stereocenters. The maximum atomic E-state index is 13.1. The van der Waals surface area contributed by atoms with Crippen LogP contribution in [0.4, 0.5) is 4.39 Å². The first-order chi connectivity index (χ1) is 8.49. The minimum atomic E-state index is -0.940. The van der Waals surface area contributed by atoms with Gasteiger partial charge in [0.2, 0.25) is 5.43 Å². The molecule has 0 saturated heterocycles. The molecule has 0 amide bonds. The monoisotopic (exact) mass is 266 g/mol. The molecule has 0 N–H and O–H groups in total. The second-order valence-corrected chi connectivity index (χ2v) is 4.01. The summed E-state index contributed by atoms with van der Waals surface area (Å²) in [4.78, 5) is 22.5. The molecule has 1 aromatic heterocycles. The van der Waals surface area contributed by atoms with Gasteiger partial charge in [-0.25, -0.2) is 9.07 Å². The van der Waals surface area contributed by atoms with Crippen molar-refractivity contribution in [2.45, 2.75) is 6.92 Å². The van der Waals surface area contributed by atoms with E-state index < -0.39 is 16.5 Å². The Bertz CT molecular complexity index is 682. The minimum Gasteiger partial charge on any atom is -0.287 e. The summed E-state index contributed by atoms with van der Waals surface area (Å²) in [5, 5.41) is 2.90. The van der Waals surface area contributed by atoms with Crippen LogP contribution in [0.3, 0.4) is 0 Å². The summed E-state index contributed by atoms with van der Waals surface area (Å²) in [6, 6.07) is 6.87. The number of halogens is 2. The first-order valence-corrected chi connectivity index (χ1v) is 5.43. The quantitative estimate of drug-likeness (QED) is 0.782. The summed E-state index contributed by atoms with van der Waals surface area (Å²) in [6.07, 6.45) is 0. The summed E-state index contributed by atoms with van der Waals surface area (Å²) in [5.41, 5.74) is -0.0504. The number of benzene rings is 1. The van der Waals surface area contributed by atoms with Gasteiger partial charge in [-0.05, 0) is 36.7 Å². The lowest BCUT2D eigenvalue weighted by atomic mass is 10.3. The predicted molar refractivity (Wildman–Crippen MR) is 64.7 cm³/mol. The molecule has 0 aliphatic carbocycles. The van der Waals surface area contributed by atoms with Gasteiger partial charge < -0.3 is 0 Å². The highest BCUT2D eigenvalue weighted by Crippen LogP contribution is 2.10. The van der Waals surface area contributed by atoms with Crippen LogP contribution in [0.25, 0.3) is 5.69 Å². The molecule has 0 aliphatic rings. The normalized spacial score (nSPS) is 10.4. The molecule has 92 valence electrons. The van der Waals surface area contributed by atoms with Crippen LogP contribution in [0.2, 0.25) is 0 Å². The SMILES string of the molecule is Cc1cc(=O)c(C(=O)Cl)nn1-c1cccc(F)c1. The van der Waals surface area contributed by atoms with E-state index in [2.05, 4.69) is 5.10 Å². The van der Waals surface area contributed by atoms with E-state index in [1.165, 1.54) is 28.9 Å². The van der Waals surface area contributed by atoms with Gasteiger partial charge >= 0.3 is 0 Å². The van der Waals surface area contributed by atoms with E-state index in [4.69, 9.17) is 11.6 Å². The maximum Gasteiger partial charge on any atom is 0.276 e.